The summed E-state index contributed by atoms with van der Waals surface area (Å²) in [6, 6.07) is 21.5. The molecule has 7 aromatic carbocycles. The Hall–Kier alpha value is -7.23. The first-order chi connectivity index (χ1) is 36.7. The van der Waals surface area contributed by atoms with Crippen LogP contribution in [-0.4, -0.2) is 46.9 Å². The van der Waals surface area contributed by atoms with Crippen LogP contribution in [0.5, 0.6) is 0 Å². The van der Waals surface area contributed by atoms with E-state index in [0.717, 1.165) is 52.4 Å². The summed E-state index contributed by atoms with van der Waals surface area (Å²) in [6.07, 6.45) is -3.17. The number of halogens is 20. The lowest BCUT2D eigenvalue weighted by atomic mass is 9.12. The molecule has 0 bridgehead atoms. The van der Waals surface area contributed by atoms with Crippen LogP contribution in [0.25, 0.3) is 21.8 Å². The Morgan fingerprint density at radius 3 is 0.949 bits per heavy atom. The predicted molar refractivity (Wildman–Crippen MR) is 252 cm³/mol. The largest absolute Gasteiger partial charge is 0.341 e. The van der Waals surface area contributed by atoms with Crippen molar-refractivity contribution in [1.29, 1.82) is 0 Å². The van der Waals surface area contributed by atoms with Gasteiger partial charge in [-0.25, -0.2) is 87.8 Å². The normalized spacial score (nSPS) is 11.9. The minimum absolute atomic E-state index is 0.0190. The minimum atomic E-state index is -7.22. The number of Topliss-reactive ketones (excluding diaryl/α,β-unsaturated/α-hetero) is 1. The van der Waals surface area contributed by atoms with E-state index in [1.165, 1.54) is 0 Å². The summed E-state index contributed by atoms with van der Waals surface area (Å²) in [5.41, 5.74) is -9.98. The van der Waals surface area contributed by atoms with E-state index < -0.39 is 152 Å². The van der Waals surface area contributed by atoms with Crippen LogP contribution in [0.2, 0.25) is 0 Å². The molecule has 0 aliphatic heterocycles. The summed E-state index contributed by atoms with van der Waals surface area (Å²) >= 11 is 0. The Labute approximate surface area is 428 Å². The zero-order valence-corrected chi connectivity index (χ0v) is 41.1. The molecule has 0 radical (unpaired) electrons. The number of hydrogen-bond donors (Lipinski definition) is 0. The van der Waals surface area contributed by atoms with Crippen molar-refractivity contribution in [3.63, 3.8) is 0 Å². The van der Waals surface area contributed by atoms with E-state index in [1.54, 1.807) is 0 Å². The number of ketones is 2. The molecule has 0 fully saturated rings. The van der Waals surface area contributed by atoms with Crippen LogP contribution >= 0.6 is 7.26 Å². The van der Waals surface area contributed by atoms with Crippen molar-refractivity contribution in [2.75, 3.05) is 24.6 Å². The molecule has 8 rings (SSSR count). The summed E-state index contributed by atoms with van der Waals surface area (Å²) in [5.74, 6) is -71.1. The summed E-state index contributed by atoms with van der Waals surface area (Å²) in [6.45, 7) is 9.66. The Kier molecular flexibility index (Phi) is 16.4. The van der Waals surface area contributed by atoms with Gasteiger partial charge in [-0.05, 0) is 64.1 Å². The maximum atomic E-state index is 15.4. The van der Waals surface area contributed by atoms with Gasteiger partial charge in [0.25, 0.3) is 0 Å². The quantitative estimate of drug-likeness (QED) is 0.0288. The highest BCUT2D eigenvalue weighted by Crippen LogP contribution is 2.58. The summed E-state index contributed by atoms with van der Waals surface area (Å²) in [4.78, 5) is 26.4. The SMILES string of the molecule is CCn1c2ccc(C(=O)C[P+](CC)(CC)CC)cc2c2cc(C(=O)c3ccccc3)ccc21.Fc1c(F)c(F)c([B-](c2c(F)c(F)c(F)c(F)c2F)(c2c(F)c(F)c(F)c(F)c2F)c2c(F)c(F)c(F)c(F)c2F)c(F)c1F. The number of carbonyl (C=O) groups excluding carboxylic acids is 2. The lowest BCUT2D eigenvalue weighted by Crippen LogP contribution is -2.81. The van der Waals surface area contributed by atoms with E-state index in [2.05, 4.69) is 44.4 Å². The molecule has 0 saturated heterocycles. The standard InChI is InChI=1S/C29H33NO2P.C24BF20/c1-5-30-26-16-14-22(28(31)20-33(6-2,7-3)8-4)18-24(26)25-19-23(15-17-27(25)30)29(32)21-12-10-9-11-13-21;26-5-1(6(27)14(35)21(42)13(5)34)25(2-7(28)15(36)22(43)16(37)8(2)29,3-9(30)17(38)23(44)18(39)10(3)31)4-11(32)19(40)24(45)20(41)12(4)33/h9-19H,5-8,20H2,1-4H3;/q+1;-1. The fourth-order valence-corrected chi connectivity index (χ4v) is 12.6. The fourth-order valence-electron chi connectivity index (χ4n) is 9.79. The minimum Gasteiger partial charge on any atom is -0.341 e. The third-order valence-electron chi connectivity index (χ3n) is 14.0. The second-order valence-corrected chi connectivity index (χ2v) is 22.5. The van der Waals surface area contributed by atoms with Crippen molar-refractivity contribution in [3.8, 4) is 0 Å². The average molecular weight is 1140 g/mol. The maximum absolute atomic E-state index is 15.4. The summed E-state index contributed by atoms with van der Waals surface area (Å²) in [5, 5.41) is 2.08. The number of aromatic nitrogens is 1. The van der Waals surface area contributed by atoms with Gasteiger partial charge in [-0.15, -0.1) is 21.9 Å². The molecule has 0 aliphatic carbocycles. The lowest BCUT2D eigenvalue weighted by Gasteiger charge is -2.44. The van der Waals surface area contributed by atoms with E-state index in [-0.39, 0.29) is 11.6 Å². The van der Waals surface area contributed by atoms with E-state index in [1.807, 2.05) is 54.6 Å². The molecule has 3 nitrogen and oxygen atoms in total. The molecule has 0 saturated carbocycles. The zero-order chi connectivity index (χ0) is 57.9. The third kappa shape index (κ3) is 9.06. The molecule has 25 heteroatoms. The van der Waals surface area contributed by atoms with Crippen LogP contribution in [0.3, 0.4) is 0 Å². The molecule has 1 aromatic heterocycles. The van der Waals surface area contributed by atoms with Gasteiger partial charge in [-0.3, -0.25) is 9.59 Å². The van der Waals surface area contributed by atoms with Gasteiger partial charge in [0.05, 0.1) is 18.5 Å². The van der Waals surface area contributed by atoms with E-state index >= 15 is 35.1 Å². The third-order valence-corrected chi connectivity index (χ3v) is 19.0. The molecular formula is C53H33BF20NO2P. The summed E-state index contributed by atoms with van der Waals surface area (Å²) < 4.78 is 296. The van der Waals surface area contributed by atoms with Crippen LogP contribution in [0.1, 0.15) is 54.0 Å². The topological polar surface area (TPSA) is 39.1 Å². The molecule has 1 heterocycles. The average Bonchev–Trinajstić information content (AvgIpc) is 3.92. The van der Waals surface area contributed by atoms with Crippen LogP contribution in [-0.2, 0) is 6.54 Å². The summed E-state index contributed by atoms with van der Waals surface area (Å²) in [7, 11) is -1.22. The van der Waals surface area contributed by atoms with Gasteiger partial charge in [0.15, 0.2) is 81.4 Å². The van der Waals surface area contributed by atoms with Crippen molar-refractivity contribution in [2.45, 2.75) is 34.2 Å². The Bertz CT molecular complexity index is 3380. The highest BCUT2D eigenvalue weighted by atomic mass is 31.2. The van der Waals surface area contributed by atoms with Crippen LogP contribution in [0, 0.1) is 116 Å². The highest BCUT2D eigenvalue weighted by molar-refractivity contribution is 7.76. The molecular weight excluding hydrogens is 1100 g/mol. The fraction of sp³-hybridized carbons (Fsp3) is 0.170. The van der Waals surface area contributed by atoms with Crippen LogP contribution < -0.4 is 21.9 Å². The number of hydrogen-bond acceptors (Lipinski definition) is 2. The highest BCUT2D eigenvalue weighted by Gasteiger charge is 2.52. The monoisotopic (exact) mass is 1140 g/mol. The molecule has 78 heavy (non-hydrogen) atoms. The first kappa shape index (κ1) is 58.5. The van der Waals surface area contributed by atoms with Gasteiger partial charge in [-0.2, -0.15) is 0 Å². The number of rotatable bonds is 13. The smallest absolute Gasteiger partial charge is 0.200 e. The molecule has 8 aromatic rings. The second kappa shape index (κ2) is 21.9. The van der Waals surface area contributed by atoms with E-state index in [9.17, 15) is 62.3 Å². The van der Waals surface area contributed by atoms with E-state index in [4.69, 9.17) is 0 Å². The Balaban J connectivity index is 0.000000237. The van der Waals surface area contributed by atoms with Crippen molar-refractivity contribution < 1.29 is 97.4 Å². The first-order valence-electron chi connectivity index (χ1n) is 22.9. The molecule has 0 atom stereocenters. The zero-order valence-electron chi connectivity index (χ0n) is 40.2. The van der Waals surface area contributed by atoms with E-state index in [0.29, 0.717) is 17.3 Å². The van der Waals surface area contributed by atoms with Crippen LogP contribution in [0.15, 0.2) is 66.7 Å². The lowest BCUT2D eigenvalue weighted by molar-refractivity contribution is 0.101. The number of carbonyl (C=O) groups is 2. The second-order valence-electron chi connectivity index (χ2n) is 17.6. The van der Waals surface area contributed by atoms with Gasteiger partial charge in [-0.1, -0.05) is 30.3 Å². The molecule has 0 N–H and O–H groups in total. The predicted octanol–water partition coefficient (Wildman–Crippen LogP) is 13.2. The number of fused-ring (bicyclic) bond motifs is 3. The van der Waals surface area contributed by atoms with Crippen LogP contribution in [0.4, 0.5) is 87.8 Å². The number of aryl methyl sites for hydroxylation is 1. The van der Waals surface area contributed by atoms with Crippen molar-refractivity contribution in [1.82, 2.24) is 4.57 Å². The van der Waals surface area contributed by atoms with Gasteiger partial charge < -0.3 is 4.57 Å². The molecule has 0 spiro atoms. The molecule has 410 valence electrons. The van der Waals surface area contributed by atoms with Crippen molar-refractivity contribution in [3.05, 3.63) is 200 Å². The van der Waals surface area contributed by atoms with Gasteiger partial charge >= 0.3 is 0 Å². The Morgan fingerprint density at radius 2 is 0.654 bits per heavy atom. The van der Waals surface area contributed by atoms with Gasteiger partial charge in [0.1, 0.15) is 58.8 Å². The Morgan fingerprint density at radius 1 is 0.372 bits per heavy atom. The van der Waals surface area contributed by atoms with Gasteiger partial charge in [0.2, 0.25) is 0 Å². The number of benzene rings is 7. The van der Waals surface area contributed by atoms with Crippen molar-refractivity contribution >= 4 is 68.6 Å². The molecule has 0 aliphatic rings. The molecule has 0 amide bonds. The maximum Gasteiger partial charge on any atom is 0.200 e. The first-order valence-corrected chi connectivity index (χ1v) is 25.5. The molecule has 0 unspecified atom stereocenters. The van der Waals surface area contributed by atoms with Crippen molar-refractivity contribution in [2.24, 2.45) is 0 Å². The number of nitrogens with zero attached hydrogens (tertiary/aromatic N) is 1. The van der Waals surface area contributed by atoms with Gasteiger partial charge in [0, 0.05) is 52.3 Å².